The molecule has 0 radical (unpaired) electrons. The molecule has 0 spiro atoms. The van der Waals surface area contributed by atoms with Crippen LogP contribution in [0.3, 0.4) is 0 Å². The van der Waals surface area contributed by atoms with Crippen molar-refractivity contribution in [1.82, 2.24) is 20.2 Å². The molecule has 1 N–H and O–H groups in total. The minimum Gasteiger partial charge on any atom is -0.244 e. The number of hydrogen-bond acceptors (Lipinski definition) is 3. The summed E-state index contributed by atoms with van der Waals surface area (Å²) in [6, 6.07) is 5.69. The van der Waals surface area contributed by atoms with Crippen LogP contribution in [0, 0.1) is 13.8 Å². The zero-order valence-corrected chi connectivity index (χ0v) is 7.98. The van der Waals surface area contributed by atoms with Crippen molar-refractivity contribution in [2.45, 2.75) is 13.8 Å². The molecule has 5 heteroatoms. The Kier molecular flexibility index (Phi) is 1.92. The number of H-pyrrole nitrogens is 1. The second-order valence-corrected chi connectivity index (χ2v) is 3.19. The summed E-state index contributed by atoms with van der Waals surface area (Å²) in [5.41, 5.74) is 2.71. The highest BCUT2D eigenvalue weighted by Crippen LogP contribution is 2.10. The summed E-state index contributed by atoms with van der Waals surface area (Å²) in [6.45, 7) is 4.01. The third kappa shape index (κ3) is 1.32. The number of nitrogens with one attached hydrogen (secondary N) is 1. The fourth-order valence-electron chi connectivity index (χ4n) is 1.22. The van der Waals surface area contributed by atoms with Crippen LogP contribution in [0.15, 0.2) is 23.0 Å². The lowest BCUT2D eigenvalue weighted by molar-refractivity contribution is 0.779. The number of aromatic nitrogens is 4. The minimum atomic E-state index is -0.326. The predicted molar refractivity (Wildman–Crippen MR) is 51.5 cm³/mol. The quantitative estimate of drug-likeness (QED) is 0.715. The molecule has 1 aromatic heterocycles. The van der Waals surface area contributed by atoms with Gasteiger partial charge in [-0.2, -0.15) is 4.68 Å². The summed E-state index contributed by atoms with van der Waals surface area (Å²) in [7, 11) is 0. The van der Waals surface area contributed by atoms with Gasteiger partial charge in [-0.1, -0.05) is 6.07 Å². The number of tetrazole rings is 1. The number of benzene rings is 1. The maximum atomic E-state index is 11.2. The molecule has 1 aromatic carbocycles. The van der Waals surface area contributed by atoms with E-state index in [0.717, 1.165) is 11.3 Å². The molecule has 0 bridgehead atoms. The topological polar surface area (TPSA) is 63.6 Å². The summed E-state index contributed by atoms with van der Waals surface area (Å²) in [6.07, 6.45) is 0. The van der Waals surface area contributed by atoms with E-state index in [1.807, 2.05) is 32.0 Å². The molecular formula is C9H10N4O. The molecule has 72 valence electrons. The molecule has 0 aliphatic rings. The van der Waals surface area contributed by atoms with E-state index in [-0.39, 0.29) is 5.69 Å². The second kappa shape index (κ2) is 3.10. The average Bonchev–Trinajstić information content (AvgIpc) is 2.57. The van der Waals surface area contributed by atoms with E-state index in [9.17, 15) is 4.79 Å². The van der Waals surface area contributed by atoms with E-state index in [1.54, 1.807) is 0 Å². The molecule has 0 unspecified atom stereocenters. The molecule has 0 atom stereocenters. The molecular weight excluding hydrogens is 180 g/mol. The first kappa shape index (κ1) is 8.68. The minimum absolute atomic E-state index is 0.326. The highest BCUT2D eigenvalue weighted by atomic mass is 16.2. The van der Waals surface area contributed by atoms with Gasteiger partial charge in [0.05, 0.1) is 5.69 Å². The third-order valence-electron chi connectivity index (χ3n) is 2.21. The Labute approximate surface area is 80.4 Å². The Hall–Kier alpha value is -1.91. The van der Waals surface area contributed by atoms with Gasteiger partial charge >= 0.3 is 5.69 Å². The summed E-state index contributed by atoms with van der Waals surface area (Å²) < 4.78 is 1.23. The number of aromatic amines is 1. The van der Waals surface area contributed by atoms with Gasteiger partial charge in [0, 0.05) is 0 Å². The van der Waals surface area contributed by atoms with Gasteiger partial charge in [-0.15, -0.1) is 0 Å². The lowest BCUT2D eigenvalue weighted by atomic mass is 10.1. The zero-order chi connectivity index (χ0) is 10.1. The Bertz CT molecular complexity index is 512. The van der Waals surface area contributed by atoms with E-state index in [2.05, 4.69) is 15.5 Å². The number of aryl methyl sites for hydroxylation is 2. The van der Waals surface area contributed by atoms with Crippen LogP contribution in [0.5, 0.6) is 0 Å². The maximum absolute atomic E-state index is 11.2. The van der Waals surface area contributed by atoms with Crippen molar-refractivity contribution in [2.75, 3.05) is 0 Å². The summed E-state index contributed by atoms with van der Waals surface area (Å²) in [4.78, 5) is 11.2. The van der Waals surface area contributed by atoms with Crippen LogP contribution < -0.4 is 5.69 Å². The Morgan fingerprint density at radius 3 is 2.64 bits per heavy atom. The molecule has 14 heavy (non-hydrogen) atoms. The van der Waals surface area contributed by atoms with Crippen molar-refractivity contribution in [2.24, 2.45) is 0 Å². The Balaban J connectivity index is 2.59. The van der Waals surface area contributed by atoms with Crippen LogP contribution in [0.25, 0.3) is 5.69 Å². The van der Waals surface area contributed by atoms with Crippen LogP contribution in [0.2, 0.25) is 0 Å². The molecule has 0 fully saturated rings. The maximum Gasteiger partial charge on any atom is 0.365 e. The van der Waals surface area contributed by atoms with E-state index in [0.29, 0.717) is 0 Å². The van der Waals surface area contributed by atoms with Crippen molar-refractivity contribution in [3.8, 4) is 5.69 Å². The van der Waals surface area contributed by atoms with Crippen LogP contribution in [-0.2, 0) is 0 Å². The third-order valence-corrected chi connectivity index (χ3v) is 2.21. The molecule has 0 amide bonds. The van der Waals surface area contributed by atoms with Crippen LogP contribution in [0.1, 0.15) is 11.1 Å². The number of hydrogen-bond donors (Lipinski definition) is 1. The highest BCUT2D eigenvalue weighted by molar-refractivity contribution is 5.38. The van der Waals surface area contributed by atoms with Crippen LogP contribution in [0.4, 0.5) is 0 Å². The van der Waals surface area contributed by atoms with E-state index in [4.69, 9.17) is 0 Å². The molecule has 1 heterocycles. The molecule has 0 saturated carbocycles. The number of nitrogens with zero attached hydrogens (tertiary/aromatic N) is 3. The lowest BCUT2D eigenvalue weighted by Crippen LogP contribution is -2.16. The highest BCUT2D eigenvalue weighted by Gasteiger charge is 2.03. The van der Waals surface area contributed by atoms with Crippen molar-refractivity contribution >= 4 is 0 Å². The monoisotopic (exact) mass is 190 g/mol. The molecule has 2 aromatic rings. The summed E-state index contributed by atoms with van der Waals surface area (Å²) >= 11 is 0. The van der Waals surface area contributed by atoms with Crippen LogP contribution >= 0.6 is 0 Å². The van der Waals surface area contributed by atoms with Gasteiger partial charge in [-0.25, -0.2) is 9.89 Å². The van der Waals surface area contributed by atoms with Gasteiger partial charge in [0.1, 0.15) is 0 Å². The predicted octanol–water partition coefficient (Wildman–Crippen LogP) is 0.572. The molecule has 5 nitrogen and oxygen atoms in total. The van der Waals surface area contributed by atoms with Crippen molar-refractivity contribution in [1.29, 1.82) is 0 Å². The van der Waals surface area contributed by atoms with Gasteiger partial charge < -0.3 is 0 Å². The van der Waals surface area contributed by atoms with E-state index >= 15 is 0 Å². The van der Waals surface area contributed by atoms with Gasteiger partial charge in [-0.3, -0.25) is 0 Å². The average molecular weight is 190 g/mol. The van der Waals surface area contributed by atoms with Gasteiger partial charge in [0.15, 0.2) is 0 Å². The summed E-state index contributed by atoms with van der Waals surface area (Å²) in [5, 5.41) is 9.33. The van der Waals surface area contributed by atoms with Gasteiger partial charge in [-0.05, 0) is 47.5 Å². The molecule has 0 saturated heterocycles. The normalized spacial score (nSPS) is 10.4. The summed E-state index contributed by atoms with van der Waals surface area (Å²) in [5.74, 6) is 0. The first-order valence-electron chi connectivity index (χ1n) is 4.26. The smallest absolute Gasteiger partial charge is 0.244 e. The Morgan fingerprint density at radius 1 is 1.29 bits per heavy atom. The van der Waals surface area contributed by atoms with E-state index < -0.39 is 0 Å². The fraction of sp³-hybridized carbons (Fsp3) is 0.222. The fourth-order valence-corrected chi connectivity index (χ4v) is 1.22. The largest absolute Gasteiger partial charge is 0.365 e. The molecule has 2 rings (SSSR count). The van der Waals surface area contributed by atoms with Gasteiger partial charge in [0.2, 0.25) is 0 Å². The Morgan fingerprint density at radius 2 is 2.07 bits per heavy atom. The second-order valence-electron chi connectivity index (χ2n) is 3.19. The van der Waals surface area contributed by atoms with Crippen LogP contribution in [-0.4, -0.2) is 20.2 Å². The van der Waals surface area contributed by atoms with Crippen molar-refractivity contribution in [3.63, 3.8) is 0 Å². The molecule has 0 aliphatic heterocycles. The van der Waals surface area contributed by atoms with E-state index in [1.165, 1.54) is 10.2 Å². The SMILES string of the molecule is Cc1ccc(-n2nn[nH]c2=O)cc1C. The molecule has 0 aliphatic carbocycles. The standard InChI is InChI=1S/C9H10N4O/c1-6-3-4-8(5-7(6)2)13-9(14)10-11-12-13/h3-5H,1-2H3,(H,10,12,14). The lowest BCUT2D eigenvalue weighted by Gasteiger charge is -2.02. The first-order chi connectivity index (χ1) is 6.68. The van der Waals surface area contributed by atoms with Gasteiger partial charge in [0.25, 0.3) is 0 Å². The van der Waals surface area contributed by atoms with Crippen molar-refractivity contribution < 1.29 is 0 Å². The first-order valence-corrected chi connectivity index (χ1v) is 4.26. The van der Waals surface area contributed by atoms with Crippen molar-refractivity contribution in [3.05, 3.63) is 39.8 Å². The zero-order valence-electron chi connectivity index (χ0n) is 7.98. The number of rotatable bonds is 1.